The Morgan fingerprint density at radius 1 is 1.46 bits per heavy atom. The number of aryl methyl sites for hydroxylation is 1. The lowest BCUT2D eigenvalue weighted by atomic mass is 9.87. The lowest BCUT2D eigenvalue weighted by Crippen LogP contribution is -2.58. The van der Waals surface area contributed by atoms with Crippen molar-refractivity contribution in [2.45, 2.75) is 44.4 Å². The molecule has 2 aromatic rings. The number of hydrogen-bond acceptors (Lipinski definition) is 4. The van der Waals surface area contributed by atoms with Crippen molar-refractivity contribution in [3.63, 3.8) is 0 Å². The minimum absolute atomic E-state index is 0.0584. The van der Waals surface area contributed by atoms with Gasteiger partial charge in [0.1, 0.15) is 18.0 Å². The minimum atomic E-state index is -0.556. The standard InChI is InChI=1S/C18H23N3O3/c1-13-19-14-5-2-3-6-15(14)21(13)11-17(23)20-9-7-16(22)18(12-20)8-4-10-24-18/h2-3,5-6,16,22H,4,7-12H2,1H3/t16-,18-/m0/s1. The summed E-state index contributed by atoms with van der Waals surface area (Å²) in [4.78, 5) is 19.2. The van der Waals surface area contributed by atoms with Crippen LogP contribution in [0.5, 0.6) is 0 Å². The Hall–Kier alpha value is -1.92. The fraction of sp³-hybridized carbons (Fsp3) is 0.556. The minimum Gasteiger partial charge on any atom is -0.390 e. The topological polar surface area (TPSA) is 67.6 Å². The second-order valence-electron chi connectivity index (χ2n) is 6.87. The van der Waals surface area contributed by atoms with Crippen molar-refractivity contribution < 1.29 is 14.6 Å². The average Bonchev–Trinajstić information content (AvgIpc) is 3.16. The SMILES string of the molecule is Cc1nc2ccccc2n1CC(=O)N1CC[C@H](O)[C@]2(CCCO2)C1. The Morgan fingerprint density at radius 3 is 3.08 bits per heavy atom. The number of aromatic nitrogens is 2. The number of aliphatic hydroxyl groups excluding tert-OH is 1. The number of amides is 1. The molecule has 1 aromatic carbocycles. The van der Waals surface area contributed by atoms with Crippen LogP contribution in [0.1, 0.15) is 25.1 Å². The molecular weight excluding hydrogens is 306 g/mol. The van der Waals surface area contributed by atoms with Crippen LogP contribution in [-0.4, -0.2) is 56.9 Å². The molecule has 0 bridgehead atoms. The quantitative estimate of drug-likeness (QED) is 0.906. The Balaban J connectivity index is 1.54. The summed E-state index contributed by atoms with van der Waals surface area (Å²) in [5, 5.41) is 10.3. The van der Waals surface area contributed by atoms with Gasteiger partial charge in [-0.1, -0.05) is 12.1 Å². The zero-order valence-electron chi connectivity index (χ0n) is 13.9. The molecule has 1 aromatic heterocycles. The van der Waals surface area contributed by atoms with Crippen LogP contribution in [0.25, 0.3) is 11.0 Å². The first-order valence-electron chi connectivity index (χ1n) is 8.61. The third kappa shape index (κ3) is 2.50. The van der Waals surface area contributed by atoms with E-state index in [9.17, 15) is 9.90 Å². The van der Waals surface area contributed by atoms with Crippen molar-refractivity contribution in [2.24, 2.45) is 0 Å². The number of para-hydroxylation sites is 2. The van der Waals surface area contributed by atoms with Gasteiger partial charge in [0, 0.05) is 13.2 Å². The van der Waals surface area contributed by atoms with Gasteiger partial charge in [-0.2, -0.15) is 0 Å². The van der Waals surface area contributed by atoms with Crippen LogP contribution < -0.4 is 0 Å². The van der Waals surface area contributed by atoms with Gasteiger partial charge in [0.05, 0.1) is 23.7 Å². The van der Waals surface area contributed by atoms with E-state index in [0.29, 0.717) is 26.1 Å². The molecule has 128 valence electrons. The molecule has 24 heavy (non-hydrogen) atoms. The summed E-state index contributed by atoms with van der Waals surface area (Å²) in [6.07, 6.45) is 1.88. The highest BCUT2D eigenvalue weighted by molar-refractivity contribution is 5.81. The van der Waals surface area contributed by atoms with Crippen LogP contribution in [0.4, 0.5) is 0 Å². The van der Waals surface area contributed by atoms with Crippen molar-refractivity contribution in [1.82, 2.24) is 14.5 Å². The van der Waals surface area contributed by atoms with Crippen LogP contribution in [0.15, 0.2) is 24.3 Å². The van der Waals surface area contributed by atoms with Gasteiger partial charge in [-0.25, -0.2) is 4.98 Å². The molecule has 4 rings (SSSR count). The molecule has 1 spiro atoms. The first kappa shape index (κ1) is 15.6. The molecule has 2 aliphatic rings. The molecule has 0 radical (unpaired) electrons. The number of hydrogen-bond donors (Lipinski definition) is 1. The molecule has 1 amide bonds. The molecule has 2 aliphatic heterocycles. The first-order chi connectivity index (χ1) is 11.6. The van der Waals surface area contributed by atoms with E-state index in [2.05, 4.69) is 4.98 Å². The summed E-state index contributed by atoms with van der Waals surface area (Å²) in [7, 11) is 0. The number of imidazole rings is 1. The molecule has 0 unspecified atom stereocenters. The van der Waals surface area contributed by atoms with Gasteiger partial charge in [-0.05, 0) is 38.3 Å². The predicted molar refractivity (Wildman–Crippen MR) is 89.6 cm³/mol. The average molecular weight is 329 g/mol. The molecule has 6 heteroatoms. The first-order valence-corrected chi connectivity index (χ1v) is 8.61. The van der Waals surface area contributed by atoms with Crippen molar-refractivity contribution in [2.75, 3.05) is 19.7 Å². The summed E-state index contributed by atoms with van der Waals surface area (Å²) in [5.41, 5.74) is 1.33. The monoisotopic (exact) mass is 329 g/mol. The maximum Gasteiger partial charge on any atom is 0.242 e. The summed E-state index contributed by atoms with van der Waals surface area (Å²) in [6.45, 7) is 3.94. The predicted octanol–water partition coefficient (Wildman–Crippen LogP) is 1.49. The molecular formula is C18H23N3O3. The highest BCUT2D eigenvalue weighted by atomic mass is 16.5. The number of rotatable bonds is 2. The van der Waals surface area contributed by atoms with Gasteiger partial charge in [0.2, 0.25) is 5.91 Å². The largest absolute Gasteiger partial charge is 0.390 e. The van der Waals surface area contributed by atoms with E-state index in [4.69, 9.17) is 4.74 Å². The zero-order valence-corrected chi connectivity index (χ0v) is 13.9. The van der Waals surface area contributed by atoms with Crippen LogP contribution in [0.3, 0.4) is 0 Å². The maximum atomic E-state index is 12.8. The summed E-state index contributed by atoms with van der Waals surface area (Å²) >= 11 is 0. The zero-order chi connectivity index (χ0) is 16.7. The van der Waals surface area contributed by atoms with E-state index >= 15 is 0 Å². The van der Waals surface area contributed by atoms with Crippen molar-refractivity contribution in [1.29, 1.82) is 0 Å². The van der Waals surface area contributed by atoms with E-state index < -0.39 is 11.7 Å². The number of aliphatic hydroxyl groups is 1. The Morgan fingerprint density at radius 2 is 2.29 bits per heavy atom. The molecule has 0 aliphatic carbocycles. The fourth-order valence-corrected chi connectivity index (χ4v) is 4.00. The van der Waals surface area contributed by atoms with E-state index in [1.54, 1.807) is 0 Å². The van der Waals surface area contributed by atoms with Crippen LogP contribution in [0, 0.1) is 6.92 Å². The highest BCUT2D eigenvalue weighted by Crippen LogP contribution is 2.35. The molecule has 2 saturated heterocycles. The van der Waals surface area contributed by atoms with Gasteiger partial charge in [-0.15, -0.1) is 0 Å². The fourth-order valence-electron chi connectivity index (χ4n) is 4.00. The Bertz CT molecular complexity index is 764. The number of piperidine rings is 1. The summed E-state index contributed by atoms with van der Waals surface area (Å²) in [6, 6.07) is 7.86. The van der Waals surface area contributed by atoms with Crippen molar-refractivity contribution >= 4 is 16.9 Å². The summed E-state index contributed by atoms with van der Waals surface area (Å²) < 4.78 is 7.80. The van der Waals surface area contributed by atoms with Gasteiger partial charge < -0.3 is 19.3 Å². The van der Waals surface area contributed by atoms with Crippen LogP contribution >= 0.6 is 0 Å². The maximum absolute atomic E-state index is 12.8. The van der Waals surface area contributed by atoms with E-state index in [0.717, 1.165) is 29.7 Å². The number of likely N-dealkylation sites (tertiary alicyclic amines) is 1. The van der Waals surface area contributed by atoms with Crippen LogP contribution in [-0.2, 0) is 16.1 Å². The van der Waals surface area contributed by atoms with Crippen molar-refractivity contribution in [3.8, 4) is 0 Å². The molecule has 1 N–H and O–H groups in total. The third-order valence-corrected chi connectivity index (χ3v) is 5.36. The van der Waals surface area contributed by atoms with E-state index in [1.807, 2.05) is 40.7 Å². The molecule has 2 fully saturated rings. The van der Waals surface area contributed by atoms with Gasteiger partial charge in [0.15, 0.2) is 0 Å². The van der Waals surface area contributed by atoms with Crippen LogP contribution in [0.2, 0.25) is 0 Å². The molecule has 0 saturated carbocycles. The molecule has 6 nitrogen and oxygen atoms in total. The van der Waals surface area contributed by atoms with E-state index in [-0.39, 0.29) is 12.5 Å². The number of fused-ring (bicyclic) bond motifs is 1. The normalized spacial score (nSPS) is 27.2. The number of benzene rings is 1. The second kappa shape index (κ2) is 5.86. The second-order valence-corrected chi connectivity index (χ2v) is 6.87. The number of carbonyl (C=O) groups is 1. The Labute approximate surface area is 141 Å². The number of ether oxygens (including phenoxy) is 1. The van der Waals surface area contributed by atoms with Gasteiger partial charge in [-0.3, -0.25) is 4.79 Å². The lowest BCUT2D eigenvalue weighted by molar-refractivity contribution is -0.155. The number of nitrogens with zero attached hydrogens (tertiary/aromatic N) is 3. The number of carbonyl (C=O) groups excluding carboxylic acids is 1. The Kier molecular flexibility index (Phi) is 3.81. The highest BCUT2D eigenvalue weighted by Gasteiger charge is 2.47. The molecule has 2 atom stereocenters. The summed E-state index contributed by atoms with van der Waals surface area (Å²) in [5.74, 6) is 0.899. The molecule has 3 heterocycles. The van der Waals surface area contributed by atoms with Gasteiger partial charge >= 0.3 is 0 Å². The van der Waals surface area contributed by atoms with Crippen molar-refractivity contribution in [3.05, 3.63) is 30.1 Å². The van der Waals surface area contributed by atoms with Gasteiger partial charge in [0.25, 0.3) is 0 Å². The van der Waals surface area contributed by atoms with E-state index in [1.165, 1.54) is 0 Å². The third-order valence-electron chi connectivity index (χ3n) is 5.36. The smallest absolute Gasteiger partial charge is 0.242 e. The lowest BCUT2D eigenvalue weighted by Gasteiger charge is -2.43.